The zero-order chi connectivity index (χ0) is 17.4. The first kappa shape index (κ1) is 20.3. The predicted molar refractivity (Wildman–Crippen MR) is 82.7 cm³/mol. The maximum absolute atomic E-state index is 12.4. The number of carbonyl (C=O) groups is 1. The van der Waals surface area contributed by atoms with E-state index in [-0.39, 0.29) is 18.5 Å². The fraction of sp³-hybridized carbons (Fsp3) is 0.938. The molecule has 0 aliphatic carbocycles. The quantitative estimate of drug-likeness (QED) is 0.604. The second-order valence-corrected chi connectivity index (χ2v) is 5.89. The smallest absolute Gasteiger partial charge is 0.309 e. The molecule has 0 bridgehead atoms. The van der Waals surface area contributed by atoms with E-state index in [9.17, 15) is 15.0 Å². The standard InChI is InChI=1S/C16H30O7/c1-5-7-10(8-6-2)15(19)23-14-11(9-20-3)22-16(21-4)13(18)12(14)17/h10-14,16-18H,5-9H2,1-4H3. The lowest BCUT2D eigenvalue weighted by atomic mass is 9.96. The normalized spacial score (nSPS) is 31.3. The molecule has 7 heteroatoms. The summed E-state index contributed by atoms with van der Waals surface area (Å²) < 4.78 is 21.1. The van der Waals surface area contributed by atoms with Crippen molar-refractivity contribution in [3.63, 3.8) is 0 Å². The van der Waals surface area contributed by atoms with Gasteiger partial charge in [-0.25, -0.2) is 0 Å². The van der Waals surface area contributed by atoms with Crippen LogP contribution >= 0.6 is 0 Å². The van der Waals surface area contributed by atoms with Gasteiger partial charge < -0.3 is 29.2 Å². The Labute approximate surface area is 137 Å². The van der Waals surface area contributed by atoms with Gasteiger partial charge in [-0.1, -0.05) is 26.7 Å². The highest BCUT2D eigenvalue weighted by molar-refractivity contribution is 5.72. The van der Waals surface area contributed by atoms with Crippen molar-refractivity contribution in [1.82, 2.24) is 0 Å². The molecule has 1 heterocycles. The van der Waals surface area contributed by atoms with Crippen molar-refractivity contribution in [2.45, 2.75) is 70.2 Å². The van der Waals surface area contributed by atoms with E-state index in [4.69, 9.17) is 18.9 Å². The van der Waals surface area contributed by atoms with E-state index < -0.39 is 30.7 Å². The van der Waals surface area contributed by atoms with Crippen LogP contribution in [0, 0.1) is 5.92 Å². The number of hydrogen-bond donors (Lipinski definition) is 2. The molecule has 0 aromatic rings. The molecule has 1 aliphatic heterocycles. The second-order valence-electron chi connectivity index (χ2n) is 5.89. The average Bonchev–Trinajstić information content (AvgIpc) is 2.54. The molecular weight excluding hydrogens is 304 g/mol. The average molecular weight is 334 g/mol. The highest BCUT2D eigenvalue weighted by atomic mass is 16.7. The van der Waals surface area contributed by atoms with Gasteiger partial charge in [-0.15, -0.1) is 0 Å². The highest BCUT2D eigenvalue weighted by Gasteiger charge is 2.47. The van der Waals surface area contributed by atoms with E-state index in [2.05, 4.69) is 0 Å². The Kier molecular flexibility index (Phi) is 9.01. The molecule has 2 N–H and O–H groups in total. The van der Waals surface area contributed by atoms with Gasteiger partial charge >= 0.3 is 5.97 Å². The molecular formula is C16H30O7. The summed E-state index contributed by atoms with van der Waals surface area (Å²) in [5.41, 5.74) is 0. The lowest BCUT2D eigenvalue weighted by molar-refractivity contribution is -0.298. The van der Waals surface area contributed by atoms with Crippen molar-refractivity contribution in [1.29, 1.82) is 0 Å². The molecule has 23 heavy (non-hydrogen) atoms. The molecule has 1 rings (SSSR count). The number of esters is 1. The third-order valence-corrected chi connectivity index (χ3v) is 4.06. The second kappa shape index (κ2) is 10.2. The van der Waals surface area contributed by atoms with Crippen LogP contribution in [0.2, 0.25) is 0 Å². The maximum Gasteiger partial charge on any atom is 0.309 e. The first-order chi connectivity index (χ1) is 11.0. The fourth-order valence-corrected chi connectivity index (χ4v) is 2.85. The van der Waals surface area contributed by atoms with Crippen molar-refractivity contribution >= 4 is 5.97 Å². The van der Waals surface area contributed by atoms with Crippen molar-refractivity contribution < 1.29 is 34.0 Å². The molecule has 0 aromatic carbocycles. The molecule has 5 unspecified atom stereocenters. The van der Waals surface area contributed by atoms with Crippen LogP contribution in [0.4, 0.5) is 0 Å². The molecule has 1 fully saturated rings. The molecule has 0 spiro atoms. The number of hydrogen-bond acceptors (Lipinski definition) is 7. The summed E-state index contributed by atoms with van der Waals surface area (Å²) in [7, 11) is 2.85. The number of rotatable bonds is 9. The number of ether oxygens (including phenoxy) is 4. The van der Waals surface area contributed by atoms with Gasteiger partial charge in [-0.2, -0.15) is 0 Å². The van der Waals surface area contributed by atoms with Gasteiger partial charge in [0.25, 0.3) is 0 Å². The first-order valence-corrected chi connectivity index (χ1v) is 8.23. The lowest BCUT2D eigenvalue weighted by Crippen LogP contribution is -2.60. The summed E-state index contributed by atoms with van der Waals surface area (Å²) in [6, 6.07) is 0. The van der Waals surface area contributed by atoms with Crippen LogP contribution in [0.3, 0.4) is 0 Å². The Hall–Kier alpha value is -0.730. The summed E-state index contributed by atoms with van der Waals surface area (Å²) >= 11 is 0. The van der Waals surface area contributed by atoms with Gasteiger partial charge in [0.2, 0.25) is 0 Å². The minimum Gasteiger partial charge on any atom is -0.456 e. The Morgan fingerprint density at radius 2 is 1.74 bits per heavy atom. The van der Waals surface area contributed by atoms with Crippen molar-refractivity contribution in [3.05, 3.63) is 0 Å². The molecule has 5 atom stereocenters. The monoisotopic (exact) mass is 334 g/mol. The first-order valence-electron chi connectivity index (χ1n) is 8.23. The Balaban J connectivity index is 2.81. The van der Waals surface area contributed by atoms with Crippen LogP contribution in [0.15, 0.2) is 0 Å². The maximum atomic E-state index is 12.4. The Morgan fingerprint density at radius 3 is 2.22 bits per heavy atom. The molecule has 1 aliphatic rings. The molecule has 136 valence electrons. The molecule has 0 amide bonds. The van der Waals surface area contributed by atoms with Crippen molar-refractivity contribution in [2.24, 2.45) is 5.92 Å². The van der Waals surface area contributed by atoms with Gasteiger partial charge in [0, 0.05) is 14.2 Å². The Morgan fingerprint density at radius 1 is 1.13 bits per heavy atom. The lowest BCUT2D eigenvalue weighted by Gasteiger charge is -2.41. The summed E-state index contributed by atoms with van der Waals surface area (Å²) in [5.74, 6) is -0.580. The van der Waals surface area contributed by atoms with Crippen LogP contribution in [-0.4, -0.2) is 67.7 Å². The summed E-state index contributed by atoms with van der Waals surface area (Å²) in [4.78, 5) is 12.4. The topological polar surface area (TPSA) is 94.5 Å². The van der Waals surface area contributed by atoms with Gasteiger partial charge in [0.1, 0.15) is 18.3 Å². The highest BCUT2D eigenvalue weighted by Crippen LogP contribution is 2.26. The van der Waals surface area contributed by atoms with Crippen LogP contribution in [-0.2, 0) is 23.7 Å². The van der Waals surface area contributed by atoms with Crippen molar-refractivity contribution in [3.8, 4) is 0 Å². The number of aliphatic hydroxyl groups is 2. The van der Waals surface area contributed by atoms with E-state index >= 15 is 0 Å². The SMILES string of the molecule is CCCC(CCC)C(=O)OC1C(COC)OC(OC)C(O)C1O. The molecule has 1 saturated heterocycles. The van der Waals surface area contributed by atoms with Gasteiger partial charge in [-0.3, -0.25) is 4.79 Å². The number of aliphatic hydroxyl groups excluding tert-OH is 2. The zero-order valence-electron chi connectivity index (χ0n) is 14.4. The third kappa shape index (κ3) is 5.39. The minimum atomic E-state index is -1.29. The van der Waals surface area contributed by atoms with Crippen LogP contribution in [0.5, 0.6) is 0 Å². The van der Waals surface area contributed by atoms with Gasteiger partial charge in [0.05, 0.1) is 12.5 Å². The van der Waals surface area contributed by atoms with Crippen LogP contribution in [0.25, 0.3) is 0 Å². The van der Waals surface area contributed by atoms with E-state index in [1.807, 2.05) is 13.8 Å². The molecule has 0 radical (unpaired) electrons. The van der Waals surface area contributed by atoms with E-state index in [1.54, 1.807) is 0 Å². The largest absolute Gasteiger partial charge is 0.456 e. The fourth-order valence-electron chi connectivity index (χ4n) is 2.85. The summed E-state index contributed by atoms with van der Waals surface area (Å²) in [6.45, 7) is 4.14. The predicted octanol–water partition coefficient (Wildman–Crippen LogP) is 0.854. The minimum absolute atomic E-state index is 0.119. The van der Waals surface area contributed by atoms with Crippen molar-refractivity contribution in [2.75, 3.05) is 20.8 Å². The van der Waals surface area contributed by atoms with Crippen LogP contribution < -0.4 is 0 Å². The van der Waals surface area contributed by atoms with E-state index in [0.717, 1.165) is 25.7 Å². The summed E-state index contributed by atoms with van der Waals surface area (Å²) in [6.07, 6.45) is -2.04. The van der Waals surface area contributed by atoms with Gasteiger partial charge in [0.15, 0.2) is 12.4 Å². The molecule has 0 aromatic heterocycles. The number of carbonyl (C=O) groups excluding carboxylic acids is 1. The van der Waals surface area contributed by atoms with E-state index in [0.29, 0.717) is 0 Å². The zero-order valence-corrected chi connectivity index (χ0v) is 14.4. The third-order valence-electron chi connectivity index (χ3n) is 4.06. The van der Waals surface area contributed by atoms with Crippen LogP contribution in [0.1, 0.15) is 39.5 Å². The Bertz CT molecular complexity index is 343. The molecule has 7 nitrogen and oxygen atoms in total. The van der Waals surface area contributed by atoms with Gasteiger partial charge in [-0.05, 0) is 12.8 Å². The molecule has 0 saturated carbocycles. The van der Waals surface area contributed by atoms with E-state index in [1.165, 1.54) is 14.2 Å². The summed E-state index contributed by atoms with van der Waals surface area (Å²) in [5, 5.41) is 20.3. The number of methoxy groups -OCH3 is 2.